The molecule has 186 valence electrons. The quantitative estimate of drug-likeness (QED) is 0.102. The number of esters is 1. The van der Waals surface area contributed by atoms with Gasteiger partial charge in [-0.15, -0.1) is 0 Å². The van der Waals surface area contributed by atoms with E-state index in [-0.39, 0.29) is 5.91 Å². The molecule has 0 saturated heterocycles. The molecule has 0 fully saturated rings. The summed E-state index contributed by atoms with van der Waals surface area (Å²) < 4.78 is 10.4. The zero-order valence-electron chi connectivity index (χ0n) is 21.1. The van der Waals surface area contributed by atoms with Gasteiger partial charge in [0.2, 0.25) is 5.91 Å². The zero-order chi connectivity index (χ0) is 24.2. The van der Waals surface area contributed by atoms with Crippen LogP contribution in [-0.4, -0.2) is 19.0 Å². The molecule has 0 heterocycles. The van der Waals surface area contributed by atoms with E-state index in [1.54, 1.807) is 12.1 Å². The topological polar surface area (TPSA) is 64.6 Å². The maximum absolute atomic E-state index is 12.1. The van der Waals surface area contributed by atoms with Crippen LogP contribution in [0.15, 0.2) is 30.4 Å². The Hall–Kier alpha value is -2.30. The van der Waals surface area contributed by atoms with E-state index in [9.17, 15) is 9.59 Å². The highest BCUT2D eigenvalue weighted by Crippen LogP contribution is 2.28. The molecule has 33 heavy (non-hydrogen) atoms. The van der Waals surface area contributed by atoms with Gasteiger partial charge in [-0.25, -0.2) is 0 Å². The van der Waals surface area contributed by atoms with Gasteiger partial charge in [0.1, 0.15) is 0 Å². The van der Waals surface area contributed by atoms with Gasteiger partial charge in [-0.1, -0.05) is 76.5 Å². The molecule has 0 radical (unpaired) electrons. The normalized spacial score (nSPS) is 11.0. The molecule has 1 aromatic rings. The lowest BCUT2D eigenvalue weighted by Gasteiger charge is -2.11. The lowest BCUT2D eigenvalue weighted by Crippen LogP contribution is -2.22. The molecule has 0 spiro atoms. The van der Waals surface area contributed by atoms with Crippen molar-refractivity contribution in [2.24, 2.45) is 0 Å². The summed E-state index contributed by atoms with van der Waals surface area (Å²) in [5.74, 6) is 0.535. The number of nitrogens with one attached hydrogen (secondary N) is 1. The van der Waals surface area contributed by atoms with Crippen molar-refractivity contribution in [3.05, 3.63) is 35.9 Å². The molecule has 0 aromatic heterocycles. The predicted octanol–water partition coefficient (Wildman–Crippen LogP) is 7.27. The molecule has 1 N–H and O–H groups in total. The second-order valence-electron chi connectivity index (χ2n) is 8.69. The largest absolute Gasteiger partial charge is 0.493 e. The summed E-state index contributed by atoms with van der Waals surface area (Å²) in [5.41, 5.74) is 0.903. The van der Waals surface area contributed by atoms with Gasteiger partial charge in [0, 0.05) is 19.9 Å². The van der Waals surface area contributed by atoms with Gasteiger partial charge in [0.15, 0.2) is 11.5 Å². The third-order valence-corrected chi connectivity index (χ3v) is 5.64. The highest BCUT2D eigenvalue weighted by molar-refractivity contribution is 5.75. The molecule has 5 heteroatoms. The minimum Gasteiger partial charge on any atom is -0.493 e. The fourth-order valence-electron chi connectivity index (χ4n) is 3.71. The number of benzene rings is 1. The highest BCUT2D eigenvalue weighted by Gasteiger charge is 2.09. The SMILES string of the molecule is CCCCCCCC/C=C\CCCCCCCC(=O)NCc1ccc(OC(C)=O)c(OC)c1. The molecular weight excluding hydrogens is 414 g/mol. The van der Waals surface area contributed by atoms with Crippen LogP contribution in [0.25, 0.3) is 0 Å². The summed E-state index contributed by atoms with van der Waals surface area (Å²) in [6.07, 6.45) is 21.5. The van der Waals surface area contributed by atoms with Gasteiger partial charge in [-0.05, 0) is 49.8 Å². The summed E-state index contributed by atoms with van der Waals surface area (Å²) in [6, 6.07) is 5.29. The minimum atomic E-state index is -0.394. The molecule has 0 saturated carbocycles. The summed E-state index contributed by atoms with van der Waals surface area (Å²) in [6.45, 7) is 4.04. The van der Waals surface area contributed by atoms with Crippen LogP contribution in [0.3, 0.4) is 0 Å². The lowest BCUT2D eigenvalue weighted by molar-refractivity contribution is -0.132. The molecule has 0 unspecified atom stereocenters. The Labute approximate surface area is 201 Å². The van der Waals surface area contributed by atoms with Crippen molar-refractivity contribution in [3.63, 3.8) is 0 Å². The molecule has 5 nitrogen and oxygen atoms in total. The maximum Gasteiger partial charge on any atom is 0.308 e. The molecule has 1 aromatic carbocycles. The van der Waals surface area contributed by atoms with Crippen LogP contribution in [0.5, 0.6) is 11.5 Å². The van der Waals surface area contributed by atoms with E-state index in [0.717, 1.165) is 18.4 Å². The van der Waals surface area contributed by atoms with Crippen LogP contribution in [0.4, 0.5) is 0 Å². The number of amides is 1. The van der Waals surface area contributed by atoms with E-state index in [0.29, 0.717) is 24.5 Å². The van der Waals surface area contributed by atoms with E-state index >= 15 is 0 Å². The van der Waals surface area contributed by atoms with Gasteiger partial charge in [-0.3, -0.25) is 9.59 Å². The molecule has 1 rings (SSSR count). The van der Waals surface area contributed by atoms with Crippen LogP contribution in [0.1, 0.15) is 109 Å². The van der Waals surface area contributed by atoms with E-state index < -0.39 is 5.97 Å². The van der Waals surface area contributed by atoms with Crippen LogP contribution in [0, 0.1) is 0 Å². The van der Waals surface area contributed by atoms with E-state index in [1.807, 2.05) is 6.07 Å². The third-order valence-electron chi connectivity index (χ3n) is 5.64. The Morgan fingerprint density at radius 3 is 2.06 bits per heavy atom. The first kappa shape index (κ1) is 28.7. The lowest BCUT2D eigenvalue weighted by atomic mass is 10.1. The Morgan fingerprint density at radius 1 is 0.848 bits per heavy atom. The first-order valence-corrected chi connectivity index (χ1v) is 12.8. The maximum atomic E-state index is 12.1. The zero-order valence-corrected chi connectivity index (χ0v) is 21.1. The van der Waals surface area contributed by atoms with Gasteiger partial charge < -0.3 is 14.8 Å². The number of carbonyl (C=O) groups is 2. The molecular formula is C28H45NO4. The van der Waals surface area contributed by atoms with Crippen molar-refractivity contribution >= 4 is 11.9 Å². The molecule has 1 amide bonds. The number of carbonyl (C=O) groups excluding carboxylic acids is 2. The first-order valence-electron chi connectivity index (χ1n) is 12.8. The summed E-state index contributed by atoms with van der Waals surface area (Å²) in [5, 5.41) is 2.95. The number of rotatable bonds is 19. The van der Waals surface area contributed by atoms with Crippen molar-refractivity contribution in [1.82, 2.24) is 5.32 Å². The fraction of sp³-hybridized carbons (Fsp3) is 0.643. The molecule has 0 bridgehead atoms. The standard InChI is InChI=1S/C28H45NO4/c1-4-5-6-7-8-9-10-11-12-13-14-15-16-17-18-19-28(31)29-23-25-20-21-26(33-24(2)30)27(22-25)32-3/h11-12,20-22H,4-10,13-19,23H2,1-3H3,(H,29,31)/b12-11-. The number of hydrogen-bond donors (Lipinski definition) is 1. The molecule has 0 aliphatic heterocycles. The van der Waals surface area contributed by atoms with Crippen molar-refractivity contribution in [1.29, 1.82) is 0 Å². The van der Waals surface area contributed by atoms with E-state index in [4.69, 9.17) is 9.47 Å². The minimum absolute atomic E-state index is 0.0654. The van der Waals surface area contributed by atoms with Crippen LogP contribution >= 0.6 is 0 Å². The van der Waals surface area contributed by atoms with Crippen molar-refractivity contribution in [2.45, 2.75) is 110 Å². The van der Waals surface area contributed by atoms with Gasteiger partial charge in [0.25, 0.3) is 0 Å². The van der Waals surface area contributed by atoms with E-state index in [1.165, 1.54) is 84.7 Å². The Kier molecular flexibility index (Phi) is 16.7. The average Bonchev–Trinajstić information content (AvgIpc) is 2.80. The Morgan fingerprint density at radius 2 is 1.45 bits per heavy atom. The van der Waals surface area contributed by atoms with Crippen LogP contribution in [0.2, 0.25) is 0 Å². The van der Waals surface area contributed by atoms with Crippen molar-refractivity contribution < 1.29 is 19.1 Å². The number of ether oxygens (including phenoxy) is 2. The highest BCUT2D eigenvalue weighted by atomic mass is 16.6. The smallest absolute Gasteiger partial charge is 0.308 e. The Bertz CT molecular complexity index is 699. The van der Waals surface area contributed by atoms with Crippen molar-refractivity contribution in [3.8, 4) is 11.5 Å². The first-order chi connectivity index (χ1) is 16.1. The Balaban J connectivity index is 2.03. The number of allylic oxidation sites excluding steroid dienone is 2. The molecule has 0 atom stereocenters. The number of unbranched alkanes of at least 4 members (excludes halogenated alkanes) is 11. The second kappa shape index (κ2) is 19.2. The number of methoxy groups -OCH3 is 1. The monoisotopic (exact) mass is 459 g/mol. The average molecular weight is 460 g/mol. The number of hydrogen-bond acceptors (Lipinski definition) is 4. The molecule has 0 aliphatic rings. The molecule has 0 aliphatic carbocycles. The van der Waals surface area contributed by atoms with E-state index in [2.05, 4.69) is 24.4 Å². The fourth-order valence-corrected chi connectivity index (χ4v) is 3.71. The van der Waals surface area contributed by atoms with Crippen LogP contribution < -0.4 is 14.8 Å². The summed E-state index contributed by atoms with van der Waals surface area (Å²) in [4.78, 5) is 23.2. The summed E-state index contributed by atoms with van der Waals surface area (Å²) in [7, 11) is 1.53. The van der Waals surface area contributed by atoms with Crippen LogP contribution in [-0.2, 0) is 16.1 Å². The predicted molar refractivity (Wildman–Crippen MR) is 136 cm³/mol. The van der Waals surface area contributed by atoms with Gasteiger partial charge >= 0.3 is 5.97 Å². The van der Waals surface area contributed by atoms with Gasteiger partial charge in [0.05, 0.1) is 7.11 Å². The summed E-state index contributed by atoms with van der Waals surface area (Å²) >= 11 is 0. The second-order valence-corrected chi connectivity index (χ2v) is 8.69. The van der Waals surface area contributed by atoms with Gasteiger partial charge in [-0.2, -0.15) is 0 Å². The van der Waals surface area contributed by atoms with Crippen molar-refractivity contribution in [2.75, 3.05) is 7.11 Å². The third kappa shape index (κ3) is 15.2.